The van der Waals surface area contributed by atoms with Crippen LogP contribution in [0.15, 0.2) is 18.2 Å². The Hall–Kier alpha value is -1.46. The third-order valence-electron chi connectivity index (χ3n) is 2.94. The van der Waals surface area contributed by atoms with E-state index in [1.165, 1.54) is 0 Å². The Morgan fingerprint density at radius 3 is 3.00 bits per heavy atom. The largest absolute Gasteiger partial charge is 0.491 e. The number of aliphatic hydroxyl groups excluding tert-OH is 1. The van der Waals surface area contributed by atoms with E-state index in [0.717, 1.165) is 18.0 Å². The van der Waals surface area contributed by atoms with E-state index in [9.17, 15) is 5.11 Å². The molecular formula is C15H24N2O3. The second kappa shape index (κ2) is 6.33. The van der Waals surface area contributed by atoms with Crippen LogP contribution in [0.25, 0.3) is 0 Å². The van der Waals surface area contributed by atoms with Gasteiger partial charge in [-0.2, -0.15) is 0 Å². The maximum absolute atomic E-state index is 9.88. The summed E-state index contributed by atoms with van der Waals surface area (Å²) >= 11 is 0. The van der Waals surface area contributed by atoms with Crippen LogP contribution in [0.3, 0.4) is 0 Å². The molecule has 1 aliphatic heterocycles. The van der Waals surface area contributed by atoms with Crippen LogP contribution in [0.5, 0.6) is 11.5 Å². The van der Waals surface area contributed by atoms with Crippen LogP contribution in [-0.2, 0) is 0 Å². The monoisotopic (exact) mass is 280 g/mol. The van der Waals surface area contributed by atoms with Crippen molar-refractivity contribution in [1.29, 1.82) is 0 Å². The zero-order valence-corrected chi connectivity index (χ0v) is 12.4. The van der Waals surface area contributed by atoms with Gasteiger partial charge in [0.05, 0.1) is 5.69 Å². The summed E-state index contributed by atoms with van der Waals surface area (Å²) in [7, 11) is 0. The van der Waals surface area contributed by atoms with Crippen molar-refractivity contribution in [2.24, 2.45) is 0 Å². The fourth-order valence-corrected chi connectivity index (χ4v) is 1.88. The summed E-state index contributed by atoms with van der Waals surface area (Å²) in [5, 5.41) is 16.4. The van der Waals surface area contributed by atoms with Crippen LogP contribution in [0.1, 0.15) is 20.8 Å². The summed E-state index contributed by atoms with van der Waals surface area (Å²) in [6, 6.07) is 5.67. The third-order valence-corrected chi connectivity index (χ3v) is 2.94. The molecule has 1 heterocycles. The minimum Gasteiger partial charge on any atom is -0.491 e. The van der Waals surface area contributed by atoms with Gasteiger partial charge in [-0.15, -0.1) is 0 Å². The predicted octanol–water partition coefficient (Wildman–Crippen LogP) is 1.62. The normalized spacial score (nSPS) is 15.8. The van der Waals surface area contributed by atoms with Crippen molar-refractivity contribution in [2.45, 2.75) is 32.4 Å². The van der Waals surface area contributed by atoms with E-state index in [2.05, 4.69) is 31.4 Å². The number of nitrogens with one attached hydrogen (secondary N) is 2. The van der Waals surface area contributed by atoms with Crippen LogP contribution in [-0.4, -0.2) is 43.1 Å². The van der Waals surface area contributed by atoms with Crippen LogP contribution in [0, 0.1) is 0 Å². The maximum atomic E-state index is 9.88. The van der Waals surface area contributed by atoms with E-state index < -0.39 is 6.10 Å². The number of benzene rings is 1. The van der Waals surface area contributed by atoms with Gasteiger partial charge in [-0.3, -0.25) is 0 Å². The smallest absolute Gasteiger partial charge is 0.146 e. The van der Waals surface area contributed by atoms with Crippen molar-refractivity contribution >= 4 is 5.69 Å². The number of hydrogen-bond donors (Lipinski definition) is 3. The van der Waals surface area contributed by atoms with Gasteiger partial charge < -0.3 is 25.2 Å². The highest BCUT2D eigenvalue weighted by molar-refractivity contribution is 5.60. The van der Waals surface area contributed by atoms with Gasteiger partial charge >= 0.3 is 0 Å². The van der Waals surface area contributed by atoms with E-state index in [1.54, 1.807) is 0 Å². The highest BCUT2D eigenvalue weighted by Crippen LogP contribution is 2.31. The molecule has 0 fully saturated rings. The van der Waals surface area contributed by atoms with Crippen molar-refractivity contribution in [3.63, 3.8) is 0 Å². The summed E-state index contributed by atoms with van der Waals surface area (Å²) in [5.41, 5.74) is 0.977. The molecule has 20 heavy (non-hydrogen) atoms. The van der Waals surface area contributed by atoms with E-state index in [1.807, 2.05) is 18.2 Å². The molecule has 1 unspecified atom stereocenters. The van der Waals surface area contributed by atoms with Crippen molar-refractivity contribution < 1.29 is 14.6 Å². The highest BCUT2D eigenvalue weighted by atomic mass is 16.5. The third kappa shape index (κ3) is 4.58. The number of fused-ring (bicyclic) bond motifs is 1. The van der Waals surface area contributed by atoms with E-state index in [4.69, 9.17) is 9.47 Å². The molecule has 1 atom stereocenters. The lowest BCUT2D eigenvalue weighted by Gasteiger charge is -2.23. The molecule has 0 spiro atoms. The number of hydrogen-bond acceptors (Lipinski definition) is 5. The SMILES string of the molecule is CC(C)(C)NCC(O)COc1ccc2c(c1)OCCN2. The zero-order chi connectivity index (χ0) is 14.6. The van der Waals surface area contributed by atoms with Crippen LogP contribution in [0.4, 0.5) is 5.69 Å². The Labute approximate surface area is 120 Å². The Kier molecular flexibility index (Phi) is 4.73. The highest BCUT2D eigenvalue weighted by Gasteiger charge is 2.14. The van der Waals surface area contributed by atoms with Crippen LogP contribution in [0.2, 0.25) is 0 Å². The molecule has 112 valence electrons. The first-order valence-electron chi connectivity index (χ1n) is 7.01. The maximum Gasteiger partial charge on any atom is 0.146 e. The van der Waals surface area contributed by atoms with Gasteiger partial charge in [0, 0.05) is 24.7 Å². The van der Waals surface area contributed by atoms with Crippen LogP contribution < -0.4 is 20.1 Å². The summed E-state index contributed by atoms with van der Waals surface area (Å²) < 4.78 is 11.1. The lowest BCUT2D eigenvalue weighted by molar-refractivity contribution is 0.0999. The minimum atomic E-state index is -0.538. The topological polar surface area (TPSA) is 62.8 Å². The molecule has 1 aliphatic rings. The van der Waals surface area contributed by atoms with Gasteiger partial charge in [0.15, 0.2) is 0 Å². The molecule has 0 aliphatic carbocycles. The second-order valence-corrected chi connectivity index (χ2v) is 6.03. The molecule has 0 bridgehead atoms. The average Bonchev–Trinajstić information content (AvgIpc) is 2.42. The Balaban J connectivity index is 1.81. The second-order valence-electron chi connectivity index (χ2n) is 6.03. The van der Waals surface area contributed by atoms with Gasteiger partial charge in [0.25, 0.3) is 0 Å². The van der Waals surface area contributed by atoms with Gasteiger partial charge in [0.2, 0.25) is 0 Å². The van der Waals surface area contributed by atoms with E-state index >= 15 is 0 Å². The van der Waals surface area contributed by atoms with Crippen molar-refractivity contribution in [3.05, 3.63) is 18.2 Å². The Bertz CT molecular complexity index is 443. The zero-order valence-electron chi connectivity index (χ0n) is 12.4. The van der Waals surface area contributed by atoms with E-state index in [-0.39, 0.29) is 12.1 Å². The fourth-order valence-electron chi connectivity index (χ4n) is 1.88. The predicted molar refractivity (Wildman–Crippen MR) is 79.7 cm³/mol. The molecule has 0 aromatic heterocycles. The molecule has 1 aromatic carbocycles. The van der Waals surface area contributed by atoms with Gasteiger partial charge in [-0.25, -0.2) is 0 Å². The molecular weight excluding hydrogens is 256 g/mol. The first-order chi connectivity index (χ1) is 9.44. The number of anilines is 1. The van der Waals surface area contributed by atoms with E-state index in [0.29, 0.717) is 18.9 Å². The first kappa shape index (κ1) is 14.9. The molecule has 0 saturated heterocycles. The molecule has 0 radical (unpaired) electrons. The lowest BCUT2D eigenvalue weighted by Crippen LogP contribution is -2.42. The molecule has 0 saturated carbocycles. The quantitative estimate of drug-likeness (QED) is 0.765. The van der Waals surface area contributed by atoms with Crippen molar-refractivity contribution in [2.75, 3.05) is 31.6 Å². The Morgan fingerprint density at radius 1 is 1.45 bits per heavy atom. The number of β-amino-alcohol motifs (C(OH)–C–C–N with tert-alkyl or cyclic N) is 1. The number of rotatable bonds is 5. The van der Waals surface area contributed by atoms with Crippen molar-refractivity contribution in [1.82, 2.24) is 5.32 Å². The standard InChI is InChI=1S/C15H24N2O3/c1-15(2,3)17-9-11(18)10-20-12-4-5-13-14(8-12)19-7-6-16-13/h4-5,8,11,16-18H,6-7,9-10H2,1-3H3. The molecule has 2 rings (SSSR count). The van der Waals surface area contributed by atoms with Gasteiger partial charge in [-0.1, -0.05) is 0 Å². The minimum absolute atomic E-state index is 0.00763. The van der Waals surface area contributed by atoms with Gasteiger partial charge in [0.1, 0.15) is 30.8 Å². The first-order valence-corrected chi connectivity index (χ1v) is 7.01. The molecule has 5 heteroatoms. The molecule has 3 N–H and O–H groups in total. The van der Waals surface area contributed by atoms with Crippen molar-refractivity contribution in [3.8, 4) is 11.5 Å². The average molecular weight is 280 g/mol. The summed E-state index contributed by atoms with van der Waals surface area (Å²) in [4.78, 5) is 0. The summed E-state index contributed by atoms with van der Waals surface area (Å²) in [6.45, 7) is 8.44. The molecule has 1 aromatic rings. The molecule has 0 amide bonds. The fraction of sp³-hybridized carbons (Fsp3) is 0.600. The molecule has 5 nitrogen and oxygen atoms in total. The Morgan fingerprint density at radius 2 is 2.25 bits per heavy atom. The van der Waals surface area contributed by atoms with Gasteiger partial charge in [-0.05, 0) is 32.9 Å². The number of aliphatic hydroxyl groups is 1. The lowest BCUT2D eigenvalue weighted by atomic mass is 10.1. The summed E-state index contributed by atoms with van der Waals surface area (Å²) in [6.07, 6.45) is -0.538. The van der Waals surface area contributed by atoms with Crippen LogP contribution >= 0.6 is 0 Å². The summed E-state index contributed by atoms with van der Waals surface area (Å²) in [5.74, 6) is 1.51. The number of ether oxygens (including phenoxy) is 2.